The Labute approximate surface area is 129 Å². The van der Waals surface area contributed by atoms with E-state index in [4.69, 9.17) is 0 Å². The molecule has 0 saturated carbocycles. The highest BCUT2D eigenvalue weighted by molar-refractivity contribution is 7.99. The minimum Gasteiger partial charge on any atom is -0.313 e. The van der Waals surface area contributed by atoms with Gasteiger partial charge in [0.15, 0.2) is 5.16 Å². The molecule has 3 heterocycles. The van der Waals surface area contributed by atoms with Crippen LogP contribution < -0.4 is 5.32 Å². The maximum atomic E-state index is 4.46. The van der Waals surface area contributed by atoms with Crippen LogP contribution in [0.15, 0.2) is 28.5 Å². The molecule has 0 radical (unpaired) electrons. The Kier molecular flexibility index (Phi) is 4.55. The minimum absolute atomic E-state index is 0.322. The van der Waals surface area contributed by atoms with Crippen molar-refractivity contribution in [3.05, 3.63) is 29.7 Å². The van der Waals surface area contributed by atoms with Gasteiger partial charge in [0.1, 0.15) is 10.9 Å². The summed E-state index contributed by atoms with van der Waals surface area (Å²) < 4.78 is 2.26. The first kappa shape index (κ1) is 14.5. The molecule has 6 heteroatoms. The monoisotopic (exact) mass is 303 g/mol. The molecular weight excluding hydrogens is 282 g/mol. The lowest BCUT2D eigenvalue weighted by atomic mass is 10.1. The number of hydrogen-bond donors (Lipinski definition) is 1. The highest BCUT2D eigenvalue weighted by Gasteiger charge is 2.16. The number of aryl methyl sites for hydroxylation is 1. The second-order valence-corrected chi connectivity index (χ2v) is 6.39. The summed E-state index contributed by atoms with van der Waals surface area (Å²) in [6, 6.07) is 4.50. The second kappa shape index (κ2) is 6.58. The van der Waals surface area contributed by atoms with Gasteiger partial charge in [-0.05, 0) is 56.3 Å². The SMILES string of the molecule is CNC(C)c1ccnc(Sc2nnc3n2CCCCC3)c1. The molecule has 0 aliphatic carbocycles. The first-order chi connectivity index (χ1) is 10.3. The summed E-state index contributed by atoms with van der Waals surface area (Å²) in [4.78, 5) is 4.46. The zero-order valence-electron chi connectivity index (χ0n) is 12.5. The minimum atomic E-state index is 0.322. The molecule has 1 aliphatic rings. The number of hydrogen-bond acceptors (Lipinski definition) is 5. The number of nitrogens with zero attached hydrogens (tertiary/aromatic N) is 4. The fraction of sp³-hybridized carbons (Fsp3) is 0.533. The van der Waals surface area contributed by atoms with Gasteiger partial charge in [0.25, 0.3) is 0 Å². The van der Waals surface area contributed by atoms with Gasteiger partial charge in [0, 0.05) is 25.2 Å². The zero-order valence-corrected chi connectivity index (χ0v) is 13.4. The van der Waals surface area contributed by atoms with Crippen LogP contribution in [0.25, 0.3) is 0 Å². The number of fused-ring (bicyclic) bond motifs is 1. The third-order valence-electron chi connectivity index (χ3n) is 3.96. The Balaban J connectivity index is 1.82. The number of aromatic nitrogens is 4. The summed E-state index contributed by atoms with van der Waals surface area (Å²) in [5.41, 5.74) is 1.24. The highest BCUT2D eigenvalue weighted by atomic mass is 32.2. The first-order valence-electron chi connectivity index (χ1n) is 7.51. The van der Waals surface area contributed by atoms with Gasteiger partial charge in [-0.1, -0.05) is 6.42 Å². The van der Waals surface area contributed by atoms with Crippen LogP contribution in [0.1, 0.15) is 43.6 Å². The molecule has 0 bridgehead atoms. The van der Waals surface area contributed by atoms with Crippen LogP contribution in [0, 0.1) is 0 Å². The molecule has 5 nitrogen and oxygen atoms in total. The largest absolute Gasteiger partial charge is 0.313 e. The van der Waals surface area contributed by atoms with Crippen molar-refractivity contribution in [2.75, 3.05) is 7.05 Å². The van der Waals surface area contributed by atoms with E-state index in [2.05, 4.69) is 44.1 Å². The number of pyridine rings is 1. The van der Waals surface area contributed by atoms with Gasteiger partial charge in [0.05, 0.1) is 0 Å². The summed E-state index contributed by atoms with van der Waals surface area (Å²) in [5.74, 6) is 1.12. The third kappa shape index (κ3) is 3.27. The van der Waals surface area contributed by atoms with E-state index in [9.17, 15) is 0 Å². The summed E-state index contributed by atoms with van der Waals surface area (Å²) >= 11 is 1.61. The molecule has 0 saturated heterocycles. The van der Waals surface area contributed by atoms with Crippen molar-refractivity contribution >= 4 is 11.8 Å². The molecule has 1 N–H and O–H groups in total. The van der Waals surface area contributed by atoms with Crippen molar-refractivity contribution in [1.29, 1.82) is 0 Å². The van der Waals surface area contributed by atoms with Gasteiger partial charge in [0.2, 0.25) is 0 Å². The lowest BCUT2D eigenvalue weighted by Gasteiger charge is -2.11. The quantitative estimate of drug-likeness (QED) is 0.941. The van der Waals surface area contributed by atoms with Gasteiger partial charge in [-0.3, -0.25) is 0 Å². The molecule has 1 atom stereocenters. The molecule has 112 valence electrons. The van der Waals surface area contributed by atoms with E-state index < -0.39 is 0 Å². The van der Waals surface area contributed by atoms with Crippen molar-refractivity contribution in [2.45, 2.75) is 55.4 Å². The van der Waals surface area contributed by atoms with Gasteiger partial charge in [-0.2, -0.15) is 0 Å². The predicted molar refractivity (Wildman–Crippen MR) is 83.4 cm³/mol. The van der Waals surface area contributed by atoms with Crippen molar-refractivity contribution in [3.63, 3.8) is 0 Å². The Morgan fingerprint density at radius 3 is 3.05 bits per heavy atom. The van der Waals surface area contributed by atoms with Gasteiger partial charge in [-0.15, -0.1) is 10.2 Å². The smallest absolute Gasteiger partial charge is 0.197 e. The van der Waals surface area contributed by atoms with Gasteiger partial charge >= 0.3 is 0 Å². The van der Waals surface area contributed by atoms with Crippen LogP contribution in [-0.4, -0.2) is 26.8 Å². The van der Waals surface area contributed by atoms with Crippen molar-refractivity contribution in [3.8, 4) is 0 Å². The van der Waals surface area contributed by atoms with E-state index >= 15 is 0 Å². The van der Waals surface area contributed by atoms with Crippen LogP contribution >= 0.6 is 11.8 Å². The lowest BCUT2D eigenvalue weighted by molar-refractivity contribution is 0.590. The maximum absolute atomic E-state index is 4.46. The molecule has 0 aromatic carbocycles. The van der Waals surface area contributed by atoms with Gasteiger partial charge < -0.3 is 9.88 Å². The van der Waals surface area contributed by atoms with Crippen molar-refractivity contribution < 1.29 is 0 Å². The average Bonchev–Trinajstić information content (AvgIpc) is 2.74. The summed E-state index contributed by atoms with van der Waals surface area (Å²) in [6.07, 6.45) is 6.61. The normalized spacial score (nSPS) is 16.3. The summed E-state index contributed by atoms with van der Waals surface area (Å²) in [5, 5.41) is 13.9. The van der Waals surface area contributed by atoms with E-state index in [0.717, 1.165) is 29.0 Å². The van der Waals surface area contributed by atoms with Crippen LogP contribution in [-0.2, 0) is 13.0 Å². The van der Waals surface area contributed by atoms with Crippen LogP contribution in [0.3, 0.4) is 0 Å². The van der Waals surface area contributed by atoms with E-state index in [1.54, 1.807) is 11.8 Å². The molecule has 1 unspecified atom stereocenters. The molecular formula is C15H21N5S. The fourth-order valence-corrected chi connectivity index (χ4v) is 3.43. The Morgan fingerprint density at radius 1 is 1.29 bits per heavy atom. The molecule has 2 aromatic heterocycles. The fourth-order valence-electron chi connectivity index (χ4n) is 2.54. The summed E-state index contributed by atoms with van der Waals surface area (Å²) in [7, 11) is 1.97. The molecule has 0 fully saturated rings. The molecule has 2 aromatic rings. The Bertz CT molecular complexity index is 610. The molecule has 0 spiro atoms. The highest BCUT2D eigenvalue weighted by Crippen LogP contribution is 2.28. The number of nitrogens with one attached hydrogen (secondary N) is 1. The standard InChI is InChI=1S/C15H21N5S/c1-11(16-2)12-7-8-17-14(10-12)21-15-19-18-13-6-4-3-5-9-20(13)15/h7-8,10-11,16H,3-6,9H2,1-2H3. The van der Waals surface area contributed by atoms with Crippen LogP contribution in [0.5, 0.6) is 0 Å². The summed E-state index contributed by atoms with van der Waals surface area (Å²) in [6.45, 7) is 3.17. The van der Waals surface area contributed by atoms with E-state index in [0.29, 0.717) is 6.04 Å². The molecule has 21 heavy (non-hydrogen) atoms. The van der Waals surface area contributed by atoms with Gasteiger partial charge in [-0.25, -0.2) is 4.98 Å². The topological polar surface area (TPSA) is 55.6 Å². The zero-order chi connectivity index (χ0) is 14.7. The first-order valence-corrected chi connectivity index (χ1v) is 8.32. The lowest BCUT2D eigenvalue weighted by Crippen LogP contribution is -2.12. The predicted octanol–water partition coefficient (Wildman–Crippen LogP) is 2.83. The van der Waals surface area contributed by atoms with Crippen molar-refractivity contribution in [2.24, 2.45) is 0 Å². The van der Waals surface area contributed by atoms with E-state index in [1.807, 2.05) is 13.2 Å². The van der Waals surface area contributed by atoms with Crippen LogP contribution in [0.4, 0.5) is 0 Å². The molecule has 1 aliphatic heterocycles. The Morgan fingerprint density at radius 2 is 2.19 bits per heavy atom. The second-order valence-electron chi connectivity index (χ2n) is 5.40. The number of rotatable bonds is 4. The average molecular weight is 303 g/mol. The molecule has 3 rings (SSSR count). The third-order valence-corrected chi connectivity index (χ3v) is 4.88. The van der Waals surface area contributed by atoms with E-state index in [1.165, 1.54) is 24.8 Å². The maximum Gasteiger partial charge on any atom is 0.197 e. The van der Waals surface area contributed by atoms with Crippen LogP contribution in [0.2, 0.25) is 0 Å². The van der Waals surface area contributed by atoms with Crippen molar-refractivity contribution in [1.82, 2.24) is 25.1 Å². The Hall–Kier alpha value is -1.40. The molecule has 0 amide bonds. The van der Waals surface area contributed by atoms with E-state index in [-0.39, 0.29) is 0 Å².